The van der Waals surface area contributed by atoms with Gasteiger partial charge in [0.1, 0.15) is 12.4 Å². The van der Waals surface area contributed by atoms with E-state index in [1.807, 2.05) is 42.5 Å². The van der Waals surface area contributed by atoms with E-state index in [-0.39, 0.29) is 5.78 Å². The summed E-state index contributed by atoms with van der Waals surface area (Å²) in [6, 6.07) is 25.6. The molecule has 0 radical (unpaired) electrons. The van der Waals surface area contributed by atoms with E-state index in [2.05, 4.69) is 0 Å². The van der Waals surface area contributed by atoms with Crippen LogP contribution in [0.15, 0.2) is 84.9 Å². The molecule has 0 aromatic heterocycles. The topological polar surface area (TPSA) is 61.8 Å². The van der Waals surface area contributed by atoms with Gasteiger partial charge in [-0.2, -0.15) is 0 Å². The van der Waals surface area contributed by atoms with Gasteiger partial charge in [0.25, 0.3) is 0 Å². The smallest absolute Gasteiger partial charge is 0.488 e. The lowest BCUT2D eigenvalue weighted by molar-refractivity contribution is 0.0713. The lowest BCUT2D eigenvalue weighted by atomic mass is 9.96. The summed E-state index contributed by atoms with van der Waals surface area (Å²) in [5, 5.41) is 0. The second kappa shape index (κ2) is 7.96. The summed E-state index contributed by atoms with van der Waals surface area (Å²) in [5.41, 5.74) is 2.06. The fourth-order valence-electron chi connectivity index (χ4n) is 3.13. The van der Waals surface area contributed by atoms with Crippen LogP contribution in [0.1, 0.15) is 27.6 Å². The van der Waals surface area contributed by atoms with Gasteiger partial charge in [0.2, 0.25) is 11.9 Å². The first-order valence-electron chi connectivity index (χ1n) is 8.94. The van der Waals surface area contributed by atoms with Crippen molar-refractivity contribution in [3.8, 4) is 5.75 Å². The van der Waals surface area contributed by atoms with Crippen LogP contribution in [0, 0.1) is 0 Å². The lowest BCUT2D eigenvalue weighted by Gasteiger charge is -2.18. The molecular formula is C23H18O5. The average molecular weight is 374 g/mol. The molecule has 0 bridgehead atoms. The number of hydrogen-bond acceptors (Lipinski definition) is 5. The third-order valence-electron chi connectivity index (χ3n) is 4.50. The fraction of sp³-hybridized carbons (Fsp3) is 0.130. The molecule has 0 unspecified atom stereocenters. The van der Waals surface area contributed by atoms with Crippen molar-refractivity contribution in [1.29, 1.82) is 0 Å². The van der Waals surface area contributed by atoms with Crippen LogP contribution in [0.25, 0.3) is 0 Å². The van der Waals surface area contributed by atoms with Crippen molar-refractivity contribution in [3.63, 3.8) is 0 Å². The fourth-order valence-corrected chi connectivity index (χ4v) is 3.13. The number of carbonyl (C=O) groups is 2. The molecule has 0 aliphatic carbocycles. The average Bonchev–Trinajstić information content (AvgIpc) is 3.15. The summed E-state index contributed by atoms with van der Waals surface area (Å²) in [6.07, 6.45) is -2.79. The van der Waals surface area contributed by atoms with Crippen molar-refractivity contribution >= 4 is 11.9 Å². The van der Waals surface area contributed by atoms with Crippen LogP contribution >= 0.6 is 0 Å². The third kappa shape index (κ3) is 3.74. The van der Waals surface area contributed by atoms with Crippen LogP contribution in [-0.2, 0) is 16.1 Å². The molecule has 5 nitrogen and oxygen atoms in total. The van der Waals surface area contributed by atoms with E-state index in [0.29, 0.717) is 23.5 Å². The van der Waals surface area contributed by atoms with Crippen molar-refractivity contribution in [2.45, 2.75) is 18.8 Å². The largest absolute Gasteiger partial charge is 0.509 e. The molecule has 1 fully saturated rings. The Morgan fingerprint density at radius 3 is 2.21 bits per heavy atom. The maximum atomic E-state index is 12.9. The Hall–Kier alpha value is -3.60. The Kier molecular flexibility index (Phi) is 5.06. The van der Waals surface area contributed by atoms with Gasteiger partial charge in [-0.05, 0) is 11.6 Å². The molecule has 3 aromatic rings. The summed E-state index contributed by atoms with van der Waals surface area (Å²) in [4.78, 5) is 24.7. The van der Waals surface area contributed by atoms with Gasteiger partial charge in [0, 0.05) is 11.1 Å². The molecule has 3 aromatic carbocycles. The van der Waals surface area contributed by atoms with E-state index in [1.165, 1.54) is 0 Å². The molecule has 0 saturated carbocycles. The second-order valence-corrected chi connectivity index (χ2v) is 6.37. The zero-order valence-corrected chi connectivity index (χ0v) is 15.0. The normalized spacial score (nSPS) is 18.2. The Bertz CT molecular complexity index is 969. The molecule has 2 atom stereocenters. The van der Waals surface area contributed by atoms with Crippen LogP contribution in [0.2, 0.25) is 0 Å². The molecule has 140 valence electrons. The number of rotatable bonds is 6. The van der Waals surface area contributed by atoms with Crippen LogP contribution < -0.4 is 4.74 Å². The number of Topliss-reactive ketones (excluding diaryl/α,β-unsaturated/α-hetero) is 1. The zero-order valence-electron chi connectivity index (χ0n) is 15.0. The van der Waals surface area contributed by atoms with Crippen LogP contribution in [0.3, 0.4) is 0 Å². The number of ketones is 1. The van der Waals surface area contributed by atoms with E-state index in [1.54, 1.807) is 42.5 Å². The number of benzene rings is 3. The van der Waals surface area contributed by atoms with Crippen LogP contribution in [0.5, 0.6) is 5.75 Å². The quantitative estimate of drug-likeness (QED) is 0.461. The highest BCUT2D eigenvalue weighted by Gasteiger charge is 2.44. The number of hydrogen-bond donors (Lipinski definition) is 0. The summed E-state index contributed by atoms with van der Waals surface area (Å²) in [6.45, 7) is 0.358. The van der Waals surface area contributed by atoms with Gasteiger partial charge in [0.15, 0.2) is 6.10 Å². The van der Waals surface area contributed by atoms with Gasteiger partial charge in [-0.15, -0.1) is 0 Å². The number of carbonyl (C=O) groups excluding carboxylic acids is 2. The second-order valence-electron chi connectivity index (χ2n) is 6.37. The standard InChI is InChI=1S/C23H18O5/c24-20(17-11-5-2-6-12-17)22-21(27-23(25)28-22)18-13-7-8-14-19(18)26-15-16-9-3-1-4-10-16/h1-14,21-22H,15H2/t21-,22-/m0/s1. The van der Waals surface area contributed by atoms with E-state index in [4.69, 9.17) is 14.2 Å². The van der Waals surface area contributed by atoms with Crippen molar-refractivity contribution in [1.82, 2.24) is 0 Å². The van der Waals surface area contributed by atoms with E-state index in [0.717, 1.165) is 5.56 Å². The van der Waals surface area contributed by atoms with Crippen molar-refractivity contribution < 1.29 is 23.8 Å². The van der Waals surface area contributed by atoms with Crippen molar-refractivity contribution in [2.24, 2.45) is 0 Å². The van der Waals surface area contributed by atoms with Gasteiger partial charge in [-0.25, -0.2) is 4.79 Å². The van der Waals surface area contributed by atoms with Gasteiger partial charge in [-0.1, -0.05) is 78.9 Å². The molecule has 1 aliphatic rings. The number of ether oxygens (including phenoxy) is 3. The Labute approximate surface area is 162 Å². The molecule has 0 amide bonds. The lowest BCUT2D eigenvalue weighted by Crippen LogP contribution is -2.26. The maximum absolute atomic E-state index is 12.9. The minimum absolute atomic E-state index is 0.311. The molecule has 4 rings (SSSR count). The number of para-hydroxylation sites is 1. The molecule has 0 spiro atoms. The van der Waals surface area contributed by atoms with Gasteiger partial charge in [0.05, 0.1) is 0 Å². The van der Waals surface area contributed by atoms with Crippen molar-refractivity contribution in [3.05, 3.63) is 102 Å². The van der Waals surface area contributed by atoms with E-state index >= 15 is 0 Å². The molecule has 1 heterocycles. The molecular weight excluding hydrogens is 356 g/mol. The molecule has 5 heteroatoms. The van der Waals surface area contributed by atoms with Crippen molar-refractivity contribution in [2.75, 3.05) is 0 Å². The highest BCUT2D eigenvalue weighted by molar-refractivity contribution is 6.01. The van der Waals surface area contributed by atoms with Gasteiger partial charge >= 0.3 is 6.16 Å². The highest BCUT2D eigenvalue weighted by Crippen LogP contribution is 2.37. The Balaban J connectivity index is 1.60. The SMILES string of the molecule is O=C1O[C@@H](C(=O)c2ccccc2)[C@H](c2ccccc2OCc2ccccc2)O1. The first-order valence-corrected chi connectivity index (χ1v) is 8.94. The molecule has 1 saturated heterocycles. The van der Waals surface area contributed by atoms with Crippen LogP contribution in [-0.4, -0.2) is 18.0 Å². The third-order valence-corrected chi connectivity index (χ3v) is 4.50. The first kappa shape index (κ1) is 17.8. The monoisotopic (exact) mass is 374 g/mol. The zero-order chi connectivity index (χ0) is 19.3. The molecule has 0 N–H and O–H groups in total. The first-order chi connectivity index (χ1) is 13.7. The Morgan fingerprint density at radius 2 is 1.46 bits per heavy atom. The predicted octanol–water partition coefficient (Wildman–Crippen LogP) is 4.73. The predicted molar refractivity (Wildman–Crippen MR) is 102 cm³/mol. The molecule has 28 heavy (non-hydrogen) atoms. The van der Waals surface area contributed by atoms with Gasteiger partial charge < -0.3 is 14.2 Å². The summed E-state index contributed by atoms with van der Waals surface area (Å²) >= 11 is 0. The number of cyclic esters (lactones) is 2. The molecule has 1 aliphatic heterocycles. The highest BCUT2D eigenvalue weighted by atomic mass is 16.8. The van der Waals surface area contributed by atoms with E-state index < -0.39 is 18.4 Å². The minimum atomic E-state index is -1.06. The van der Waals surface area contributed by atoms with Gasteiger partial charge in [-0.3, -0.25) is 4.79 Å². The summed E-state index contributed by atoms with van der Waals surface area (Å²) < 4.78 is 16.5. The maximum Gasteiger partial charge on any atom is 0.509 e. The van der Waals surface area contributed by atoms with E-state index in [9.17, 15) is 9.59 Å². The summed E-state index contributed by atoms with van der Waals surface area (Å²) in [7, 11) is 0. The van der Waals surface area contributed by atoms with Crippen LogP contribution in [0.4, 0.5) is 4.79 Å². The summed E-state index contributed by atoms with van der Waals surface area (Å²) in [5.74, 6) is 0.231. The minimum Gasteiger partial charge on any atom is -0.488 e. The Morgan fingerprint density at radius 1 is 0.821 bits per heavy atom.